The number of rotatable bonds is 3. The van der Waals surface area contributed by atoms with Crippen LogP contribution >= 0.6 is 7.37 Å². The van der Waals surface area contributed by atoms with Crippen LogP contribution in [-0.2, 0) is 9.09 Å². The van der Waals surface area contributed by atoms with E-state index in [1.54, 1.807) is 0 Å². The van der Waals surface area contributed by atoms with Crippen molar-refractivity contribution in [2.75, 3.05) is 12.3 Å². The lowest BCUT2D eigenvalue weighted by Crippen LogP contribution is -2.25. The Hall–Kier alpha value is -0.540. The van der Waals surface area contributed by atoms with E-state index < -0.39 is 7.37 Å². The molecule has 0 aliphatic carbocycles. The molecule has 1 fully saturated rings. The standard InChI is InChI=1S/C8H18N3O2P/c1-6(2)13-14(12)4-3-7(5-14)11-8(9)10/h6-7H,3-5H2,1-2H3,(H4,9,10,11). The Balaban J connectivity index is 2.55. The maximum atomic E-state index is 12.0. The Bertz CT molecular complexity index is 274. The Kier molecular flexibility index (Phi) is 3.56. The fourth-order valence-electron chi connectivity index (χ4n) is 1.65. The molecule has 0 bridgehead atoms. The fraction of sp³-hybridized carbons (Fsp3) is 0.875. The van der Waals surface area contributed by atoms with E-state index in [9.17, 15) is 4.57 Å². The third-order valence-corrected chi connectivity index (χ3v) is 4.75. The van der Waals surface area contributed by atoms with Crippen molar-refractivity contribution < 1.29 is 9.09 Å². The normalized spacial score (nSPS) is 32.1. The van der Waals surface area contributed by atoms with Gasteiger partial charge >= 0.3 is 0 Å². The van der Waals surface area contributed by atoms with Gasteiger partial charge in [-0.25, -0.2) is 4.99 Å². The molecule has 2 atom stereocenters. The smallest absolute Gasteiger partial charge is 0.205 e. The quantitative estimate of drug-likeness (QED) is 0.416. The highest BCUT2D eigenvalue weighted by atomic mass is 31.2. The second kappa shape index (κ2) is 4.32. The molecule has 2 unspecified atom stereocenters. The van der Waals surface area contributed by atoms with Crippen molar-refractivity contribution in [2.24, 2.45) is 16.5 Å². The highest BCUT2D eigenvalue weighted by Gasteiger charge is 2.35. The minimum Gasteiger partial charge on any atom is -0.370 e. The van der Waals surface area contributed by atoms with Crippen molar-refractivity contribution in [3.05, 3.63) is 0 Å². The molecule has 0 aromatic heterocycles. The van der Waals surface area contributed by atoms with Gasteiger partial charge in [0.25, 0.3) is 0 Å². The van der Waals surface area contributed by atoms with Crippen LogP contribution in [0.2, 0.25) is 0 Å². The molecule has 0 radical (unpaired) electrons. The molecule has 1 heterocycles. The molecule has 0 amide bonds. The van der Waals surface area contributed by atoms with Gasteiger partial charge < -0.3 is 16.0 Å². The van der Waals surface area contributed by atoms with Gasteiger partial charge in [0.05, 0.1) is 12.1 Å². The van der Waals surface area contributed by atoms with E-state index in [2.05, 4.69) is 4.99 Å². The first-order valence-electron chi connectivity index (χ1n) is 4.76. The molecule has 4 N–H and O–H groups in total. The zero-order valence-electron chi connectivity index (χ0n) is 8.64. The molecule has 0 spiro atoms. The zero-order valence-corrected chi connectivity index (χ0v) is 9.54. The molecule has 5 nitrogen and oxygen atoms in total. The molecular formula is C8H18N3O2P. The van der Waals surface area contributed by atoms with Gasteiger partial charge in [0.1, 0.15) is 0 Å². The summed E-state index contributed by atoms with van der Waals surface area (Å²) in [5.41, 5.74) is 10.5. The lowest BCUT2D eigenvalue weighted by atomic mass is 10.3. The van der Waals surface area contributed by atoms with Crippen molar-refractivity contribution in [3.63, 3.8) is 0 Å². The Morgan fingerprint density at radius 1 is 1.57 bits per heavy atom. The first-order chi connectivity index (χ1) is 6.41. The topological polar surface area (TPSA) is 90.7 Å². The number of hydrogen-bond donors (Lipinski definition) is 2. The van der Waals surface area contributed by atoms with Crippen LogP contribution < -0.4 is 11.5 Å². The summed E-state index contributed by atoms with van der Waals surface area (Å²) in [6.45, 7) is 3.76. The van der Waals surface area contributed by atoms with Crippen LogP contribution in [0.1, 0.15) is 20.3 Å². The van der Waals surface area contributed by atoms with E-state index in [4.69, 9.17) is 16.0 Å². The summed E-state index contributed by atoms with van der Waals surface area (Å²) < 4.78 is 17.5. The number of hydrogen-bond acceptors (Lipinski definition) is 3. The highest BCUT2D eigenvalue weighted by Crippen LogP contribution is 2.54. The van der Waals surface area contributed by atoms with Gasteiger partial charge in [0, 0.05) is 12.3 Å². The molecular weight excluding hydrogens is 201 g/mol. The fourth-order valence-corrected chi connectivity index (χ4v) is 4.39. The van der Waals surface area contributed by atoms with Gasteiger partial charge in [-0.2, -0.15) is 0 Å². The number of nitrogens with two attached hydrogens (primary N) is 2. The minimum absolute atomic E-state index is 0.00112. The first-order valence-corrected chi connectivity index (χ1v) is 6.76. The molecule has 1 aliphatic rings. The average molecular weight is 219 g/mol. The molecule has 1 rings (SSSR count). The lowest BCUT2D eigenvalue weighted by molar-refractivity contribution is 0.246. The summed E-state index contributed by atoms with van der Waals surface area (Å²) in [7, 11) is -2.46. The third-order valence-electron chi connectivity index (χ3n) is 2.03. The predicted octanol–water partition coefficient (Wildman–Crippen LogP) is 0.735. The molecule has 14 heavy (non-hydrogen) atoms. The Morgan fingerprint density at radius 2 is 2.21 bits per heavy atom. The van der Waals surface area contributed by atoms with Crippen molar-refractivity contribution >= 4 is 13.3 Å². The van der Waals surface area contributed by atoms with Gasteiger partial charge in [-0.05, 0) is 20.3 Å². The van der Waals surface area contributed by atoms with Gasteiger partial charge in [-0.15, -0.1) is 0 Å². The van der Waals surface area contributed by atoms with Crippen molar-refractivity contribution in [1.29, 1.82) is 0 Å². The Labute approximate surface area is 84.4 Å². The molecule has 6 heteroatoms. The van der Waals surface area contributed by atoms with Gasteiger partial charge in [-0.3, -0.25) is 4.57 Å². The van der Waals surface area contributed by atoms with Gasteiger partial charge in [-0.1, -0.05) is 0 Å². The molecule has 82 valence electrons. The van der Waals surface area contributed by atoms with Crippen molar-refractivity contribution in [1.82, 2.24) is 0 Å². The second-order valence-electron chi connectivity index (χ2n) is 3.87. The van der Waals surface area contributed by atoms with E-state index in [0.717, 1.165) is 6.42 Å². The largest absolute Gasteiger partial charge is 0.370 e. The predicted molar refractivity (Wildman–Crippen MR) is 57.8 cm³/mol. The average Bonchev–Trinajstić information content (AvgIpc) is 2.28. The summed E-state index contributed by atoms with van der Waals surface area (Å²) in [5.74, 6) is 0.0630. The van der Waals surface area contributed by atoms with Crippen LogP contribution in [0.4, 0.5) is 0 Å². The lowest BCUT2D eigenvalue weighted by Gasteiger charge is -2.15. The van der Waals surface area contributed by atoms with Crippen LogP contribution in [0.15, 0.2) is 4.99 Å². The van der Waals surface area contributed by atoms with E-state index in [-0.39, 0.29) is 18.1 Å². The van der Waals surface area contributed by atoms with E-state index in [1.165, 1.54) is 0 Å². The highest BCUT2D eigenvalue weighted by molar-refractivity contribution is 7.59. The van der Waals surface area contributed by atoms with Crippen molar-refractivity contribution in [2.45, 2.75) is 32.4 Å². The molecule has 0 aromatic carbocycles. The van der Waals surface area contributed by atoms with Gasteiger partial charge in [0.15, 0.2) is 5.96 Å². The summed E-state index contributed by atoms with van der Waals surface area (Å²) in [4.78, 5) is 4.00. The van der Waals surface area contributed by atoms with Crippen LogP contribution in [-0.4, -0.2) is 30.4 Å². The first kappa shape index (κ1) is 11.5. The minimum atomic E-state index is -2.46. The molecule has 1 saturated heterocycles. The third kappa shape index (κ3) is 3.31. The number of guanidine groups is 1. The van der Waals surface area contributed by atoms with E-state index in [0.29, 0.717) is 12.3 Å². The summed E-state index contributed by atoms with van der Waals surface area (Å²) in [6.07, 6.45) is 1.82. The van der Waals surface area contributed by atoms with Crippen LogP contribution in [0, 0.1) is 0 Å². The SMILES string of the molecule is CC(C)OP1(=O)CCC(N=C(N)N)C1. The zero-order chi connectivity index (χ0) is 10.8. The van der Waals surface area contributed by atoms with Gasteiger partial charge in [0.2, 0.25) is 7.37 Å². The monoisotopic (exact) mass is 219 g/mol. The van der Waals surface area contributed by atoms with E-state index >= 15 is 0 Å². The maximum absolute atomic E-state index is 12.0. The maximum Gasteiger partial charge on any atom is 0.205 e. The van der Waals surface area contributed by atoms with Crippen LogP contribution in [0.3, 0.4) is 0 Å². The molecule has 0 saturated carbocycles. The van der Waals surface area contributed by atoms with Crippen LogP contribution in [0.5, 0.6) is 0 Å². The summed E-state index contributed by atoms with van der Waals surface area (Å²) in [5, 5.41) is 0. The number of nitrogens with zero attached hydrogens (tertiary/aromatic N) is 1. The van der Waals surface area contributed by atoms with Crippen LogP contribution in [0.25, 0.3) is 0 Å². The van der Waals surface area contributed by atoms with Crippen molar-refractivity contribution in [3.8, 4) is 0 Å². The summed E-state index contributed by atoms with van der Waals surface area (Å²) >= 11 is 0. The molecule has 0 aromatic rings. The van der Waals surface area contributed by atoms with E-state index in [1.807, 2.05) is 13.8 Å². The second-order valence-corrected chi connectivity index (χ2v) is 6.52. The number of aliphatic imine (C=N–C) groups is 1. The summed E-state index contributed by atoms with van der Waals surface area (Å²) in [6, 6.07) is -0.0235. The Morgan fingerprint density at radius 3 is 2.71 bits per heavy atom. The molecule has 1 aliphatic heterocycles.